The molecule has 0 aliphatic carbocycles. The monoisotopic (exact) mass is 325 g/mol. The Morgan fingerprint density at radius 2 is 1.95 bits per heavy atom. The first kappa shape index (κ1) is 14.2. The average molecular weight is 326 g/mol. The van der Waals surface area contributed by atoms with Crippen molar-refractivity contribution in [3.05, 3.63) is 34.9 Å². The Kier molecular flexibility index (Phi) is 5.57. The lowest BCUT2D eigenvalue weighted by Gasteiger charge is -2.08. The van der Waals surface area contributed by atoms with Crippen molar-refractivity contribution in [1.82, 2.24) is 4.98 Å². The average Bonchev–Trinajstić information content (AvgIpc) is 2.42. The van der Waals surface area contributed by atoms with E-state index in [1.54, 1.807) is 13.3 Å². The van der Waals surface area contributed by atoms with Crippen molar-refractivity contribution < 1.29 is 14.2 Å². The van der Waals surface area contributed by atoms with Crippen molar-refractivity contribution in [2.75, 3.05) is 33.5 Å². The summed E-state index contributed by atoms with van der Waals surface area (Å²) in [6, 6.07) is 7.97. The van der Waals surface area contributed by atoms with Crippen molar-refractivity contribution in [2.45, 2.75) is 0 Å². The van der Waals surface area contributed by atoms with E-state index >= 15 is 0 Å². The highest BCUT2D eigenvalue weighted by atomic mass is 79.9. The molecule has 0 atom stereocenters. The molecule has 0 aliphatic rings. The van der Waals surface area contributed by atoms with Crippen LogP contribution >= 0.6 is 15.9 Å². The maximum Gasteiger partial charge on any atom is 0.221 e. The fourth-order valence-corrected chi connectivity index (χ4v) is 2.06. The molecule has 2 rings (SSSR count). The molecule has 0 radical (unpaired) electrons. The van der Waals surface area contributed by atoms with Gasteiger partial charge in [0.05, 0.1) is 19.8 Å². The summed E-state index contributed by atoms with van der Waals surface area (Å²) in [5.74, 6) is 0.639. The highest BCUT2D eigenvalue weighted by molar-refractivity contribution is 9.10. The predicted molar refractivity (Wildman–Crippen MR) is 77.6 cm³/mol. The molecule has 1 aromatic carbocycles. The highest BCUT2D eigenvalue weighted by Crippen LogP contribution is 2.25. The molecule has 0 amide bonds. The number of pyridine rings is 1. The van der Waals surface area contributed by atoms with Crippen LogP contribution in [0.15, 0.2) is 34.9 Å². The number of aromatic nitrogens is 1. The van der Waals surface area contributed by atoms with Gasteiger partial charge in [-0.25, -0.2) is 4.98 Å². The van der Waals surface area contributed by atoms with Gasteiger partial charge >= 0.3 is 0 Å². The van der Waals surface area contributed by atoms with Gasteiger partial charge in [0.15, 0.2) is 0 Å². The van der Waals surface area contributed by atoms with Crippen molar-refractivity contribution >= 4 is 26.7 Å². The molecule has 0 aliphatic heterocycles. The van der Waals surface area contributed by atoms with Gasteiger partial charge in [0.1, 0.15) is 6.61 Å². The Bertz CT molecular complexity index is 533. The Morgan fingerprint density at radius 1 is 1.11 bits per heavy atom. The number of benzene rings is 1. The molecule has 102 valence electrons. The molecular formula is C14H16BrNO3. The van der Waals surface area contributed by atoms with Gasteiger partial charge in [-0.2, -0.15) is 0 Å². The van der Waals surface area contributed by atoms with Crippen LogP contribution in [0, 0.1) is 0 Å². The highest BCUT2D eigenvalue weighted by Gasteiger charge is 2.03. The molecule has 4 nitrogen and oxygen atoms in total. The summed E-state index contributed by atoms with van der Waals surface area (Å²) in [5, 5.41) is 2.10. The van der Waals surface area contributed by atoms with Crippen LogP contribution in [-0.4, -0.2) is 38.5 Å². The fraction of sp³-hybridized carbons (Fsp3) is 0.357. The third-order valence-corrected chi connectivity index (χ3v) is 3.08. The zero-order valence-electron chi connectivity index (χ0n) is 10.8. The van der Waals surface area contributed by atoms with Crippen molar-refractivity contribution in [3.63, 3.8) is 0 Å². The smallest absolute Gasteiger partial charge is 0.221 e. The summed E-state index contributed by atoms with van der Waals surface area (Å²) < 4.78 is 16.9. The van der Waals surface area contributed by atoms with Crippen LogP contribution < -0.4 is 4.74 Å². The number of hydrogen-bond donors (Lipinski definition) is 0. The predicted octanol–water partition coefficient (Wildman–Crippen LogP) is 3.04. The maximum absolute atomic E-state index is 5.65. The first-order chi connectivity index (χ1) is 9.31. The number of methoxy groups -OCH3 is 1. The summed E-state index contributed by atoms with van der Waals surface area (Å²) in [6.07, 6.45) is 1.75. The Balaban J connectivity index is 1.93. The molecule has 0 N–H and O–H groups in total. The number of halogens is 1. The molecule has 1 heterocycles. The molecular weight excluding hydrogens is 310 g/mol. The minimum absolute atomic E-state index is 0.478. The van der Waals surface area contributed by atoms with E-state index in [4.69, 9.17) is 14.2 Å². The molecule has 5 heteroatoms. The lowest BCUT2D eigenvalue weighted by Crippen LogP contribution is -2.10. The minimum Gasteiger partial charge on any atom is -0.475 e. The van der Waals surface area contributed by atoms with Gasteiger partial charge in [-0.1, -0.05) is 15.9 Å². The molecule has 19 heavy (non-hydrogen) atoms. The van der Waals surface area contributed by atoms with E-state index in [0.717, 1.165) is 15.2 Å². The summed E-state index contributed by atoms with van der Waals surface area (Å²) in [4.78, 5) is 4.25. The molecule has 0 spiro atoms. The van der Waals surface area contributed by atoms with Crippen LogP contribution in [0.5, 0.6) is 5.88 Å². The number of ether oxygens (including phenoxy) is 3. The summed E-state index contributed by atoms with van der Waals surface area (Å²) >= 11 is 3.45. The van der Waals surface area contributed by atoms with E-state index in [2.05, 4.69) is 20.9 Å². The topological polar surface area (TPSA) is 40.6 Å². The first-order valence-corrected chi connectivity index (χ1v) is 6.84. The molecule has 0 unspecified atom stereocenters. The van der Waals surface area contributed by atoms with Crippen molar-refractivity contribution in [2.24, 2.45) is 0 Å². The largest absolute Gasteiger partial charge is 0.475 e. The third-order valence-electron chi connectivity index (χ3n) is 2.59. The molecule has 0 saturated heterocycles. The second kappa shape index (κ2) is 7.43. The Labute approximate surface area is 120 Å². The standard InChI is InChI=1S/C14H16BrNO3/c1-17-6-7-18-8-9-19-14-13-3-2-12(15)10-11(13)4-5-16-14/h2-5,10H,6-9H2,1H3. The van der Waals surface area contributed by atoms with Crippen LogP contribution in [0.4, 0.5) is 0 Å². The van der Waals surface area contributed by atoms with E-state index in [1.165, 1.54) is 0 Å². The van der Waals surface area contributed by atoms with E-state index in [-0.39, 0.29) is 0 Å². The number of fused-ring (bicyclic) bond motifs is 1. The van der Waals surface area contributed by atoms with Gasteiger partial charge in [-0.05, 0) is 29.7 Å². The van der Waals surface area contributed by atoms with E-state index in [9.17, 15) is 0 Å². The summed E-state index contributed by atoms with van der Waals surface area (Å²) in [6.45, 7) is 2.18. The van der Waals surface area contributed by atoms with Crippen molar-refractivity contribution in [3.8, 4) is 5.88 Å². The SMILES string of the molecule is COCCOCCOc1nccc2cc(Br)ccc12. The minimum atomic E-state index is 0.478. The fourth-order valence-electron chi connectivity index (χ4n) is 1.68. The first-order valence-electron chi connectivity index (χ1n) is 6.05. The van der Waals surface area contributed by atoms with Gasteiger partial charge in [0, 0.05) is 23.2 Å². The van der Waals surface area contributed by atoms with Gasteiger partial charge < -0.3 is 14.2 Å². The van der Waals surface area contributed by atoms with Crippen molar-refractivity contribution in [1.29, 1.82) is 0 Å². The number of rotatable bonds is 7. The van der Waals surface area contributed by atoms with Crippen LogP contribution in [0.3, 0.4) is 0 Å². The van der Waals surface area contributed by atoms with Crippen LogP contribution in [0.2, 0.25) is 0 Å². The third kappa shape index (κ3) is 4.16. The maximum atomic E-state index is 5.65. The lowest BCUT2D eigenvalue weighted by atomic mass is 10.2. The Morgan fingerprint density at radius 3 is 2.79 bits per heavy atom. The normalized spacial score (nSPS) is 10.8. The lowest BCUT2D eigenvalue weighted by molar-refractivity contribution is 0.0539. The molecule has 0 bridgehead atoms. The van der Waals surface area contributed by atoms with E-state index in [1.807, 2.05) is 24.3 Å². The molecule has 0 fully saturated rings. The van der Waals surface area contributed by atoms with Gasteiger partial charge in [0.25, 0.3) is 0 Å². The summed E-state index contributed by atoms with van der Waals surface area (Å²) in [7, 11) is 1.65. The zero-order valence-corrected chi connectivity index (χ0v) is 12.4. The zero-order chi connectivity index (χ0) is 13.5. The molecule has 2 aromatic rings. The van der Waals surface area contributed by atoms with Gasteiger partial charge in [-0.15, -0.1) is 0 Å². The second-order valence-corrected chi connectivity index (χ2v) is 4.85. The van der Waals surface area contributed by atoms with E-state index in [0.29, 0.717) is 32.3 Å². The number of nitrogens with zero attached hydrogens (tertiary/aromatic N) is 1. The van der Waals surface area contributed by atoms with Gasteiger partial charge in [0.2, 0.25) is 5.88 Å². The van der Waals surface area contributed by atoms with E-state index < -0.39 is 0 Å². The van der Waals surface area contributed by atoms with Gasteiger partial charge in [-0.3, -0.25) is 0 Å². The number of hydrogen-bond acceptors (Lipinski definition) is 4. The summed E-state index contributed by atoms with van der Waals surface area (Å²) in [5.41, 5.74) is 0. The second-order valence-electron chi connectivity index (χ2n) is 3.94. The van der Waals surface area contributed by atoms with Crippen LogP contribution in [-0.2, 0) is 9.47 Å². The Hall–Kier alpha value is -1.17. The molecule has 1 aromatic heterocycles. The van der Waals surface area contributed by atoms with Crippen LogP contribution in [0.1, 0.15) is 0 Å². The quantitative estimate of drug-likeness (QED) is 0.734. The molecule has 0 saturated carbocycles. The van der Waals surface area contributed by atoms with Crippen LogP contribution in [0.25, 0.3) is 10.8 Å².